The van der Waals surface area contributed by atoms with E-state index in [1.54, 1.807) is 11.0 Å². The van der Waals surface area contributed by atoms with Gasteiger partial charge in [-0.25, -0.2) is 4.79 Å². The van der Waals surface area contributed by atoms with Crippen molar-refractivity contribution >= 4 is 23.3 Å². The second-order valence-electron chi connectivity index (χ2n) is 4.39. The van der Waals surface area contributed by atoms with Crippen LogP contribution < -0.4 is 4.90 Å². The summed E-state index contributed by atoms with van der Waals surface area (Å²) in [5, 5.41) is 8.93. The Hall–Kier alpha value is -1.69. The van der Waals surface area contributed by atoms with Crippen LogP contribution in [-0.2, 0) is 0 Å². The third-order valence-electron chi connectivity index (χ3n) is 3.12. The van der Waals surface area contributed by atoms with Crippen LogP contribution in [0.4, 0.5) is 18.9 Å². The van der Waals surface area contributed by atoms with E-state index in [9.17, 15) is 18.0 Å². The molecular weight excluding hydrogens is 295 g/mol. The molecule has 0 bridgehead atoms. The van der Waals surface area contributed by atoms with Crippen molar-refractivity contribution in [3.8, 4) is 0 Å². The molecule has 0 radical (unpaired) electrons. The molecule has 1 aromatic rings. The summed E-state index contributed by atoms with van der Waals surface area (Å²) in [5.74, 6) is -1.14. The zero-order valence-electron chi connectivity index (χ0n) is 10.2. The van der Waals surface area contributed by atoms with E-state index >= 15 is 0 Å². The number of carboxylic acids is 1. The van der Waals surface area contributed by atoms with Gasteiger partial charge in [-0.05, 0) is 24.6 Å². The Kier molecular flexibility index (Phi) is 3.94. The average molecular weight is 306 g/mol. The summed E-state index contributed by atoms with van der Waals surface area (Å²) in [7, 11) is 0. The highest BCUT2D eigenvalue weighted by Crippen LogP contribution is 2.32. The Morgan fingerprint density at radius 3 is 2.50 bits per heavy atom. The molecule has 1 aromatic carbocycles. The fourth-order valence-corrected chi connectivity index (χ4v) is 2.29. The minimum atomic E-state index is -4.28. The fraction of sp³-hybridized carbons (Fsp3) is 0.308. The maximum Gasteiger partial charge on any atom is 0.412 e. The quantitative estimate of drug-likeness (QED) is 0.846. The zero-order chi connectivity index (χ0) is 14.9. The van der Waals surface area contributed by atoms with E-state index in [4.69, 9.17) is 16.7 Å². The normalized spacial score (nSPS) is 16.0. The lowest BCUT2D eigenvalue weighted by atomic mass is 10.1. The van der Waals surface area contributed by atoms with Crippen LogP contribution >= 0.6 is 11.6 Å². The largest absolute Gasteiger partial charge is 0.478 e. The second kappa shape index (κ2) is 5.36. The number of carbonyl (C=O) groups is 1. The number of aromatic carboxylic acids is 1. The summed E-state index contributed by atoms with van der Waals surface area (Å²) >= 11 is 5.84. The number of rotatable bonds is 2. The van der Waals surface area contributed by atoms with Gasteiger partial charge in [-0.2, -0.15) is 13.2 Å². The molecule has 0 saturated carbocycles. The van der Waals surface area contributed by atoms with Crippen LogP contribution in [0.25, 0.3) is 0 Å². The van der Waals surface area contributed by atoms with E-state index in [1.165, 1.54) is 12.1 Å². The first-order valence-electron chi connectivity index (χ1n) is 5.83. The highest BCUT2D eigenvalue weighted by atomic mass is 35.5. The molecule has 0 aliphatic carbocycles. The minimum Gasteiger partial charge on any atom is -0.478 e. The molecule has 0 fully saturated rings. The van der Waals surface area contributed by atoms with Gasteiger partial charge in [-0.15, -0.1) is 0 Å². The Morgan fingerprint density at radius 1 is 1.35 bits per heavy atom. The summed E-state index contributed by atoms with van der Waals surface area (Å²) in [6.45, 7) is 0.339. The van der Waals surface area contributed by atoms with Gasteiger partial charge in [-0.1, -0.05) is 17.7 Å². The Bertz CT molecular complexity index is 569. The standard InChI is InChI=1S/C13H11ClF3NO2/c14-11-7-9(1-2-10(11)12(19)20)18-5-3-8(4-6-18)13(15,16)17/h1-3,7H,4-6H2,(H,19,20). The SMILES string of the molecule is O=C(O)c1ccc(N2CC=C(C(F)(F)F)CC2)cc1Cl. The molecule has 1 heterocycles. The second-order valence-corrected chi connectivity index (χ2v) is 4.80. The molecule has 0 saturated heterocycles. The number of hydrogen-bond donors (Lipinski definition) is 1. The van der Waals surface area contributed by atoms with Gasteiger partial charge in [0.25, 0.3) is 0 Å². The van der Waals surface area contributed by atoms with Crippen LogP contribution in [0.5, 0.6) is 0 Å². The molecule has 1 aliphatic heterocycles. The van der Waals surface area contributed by atoms with Gasteiger partial charge in [0.05, 0.1) is 10.6 Å². The molecule has 3 nitrogen and oxygen atoms in total. The number of halogens is 4. The third-order valence-corrected chi connectivity index (χ3v) is 3.43. The van der Waals surface area contributed by atoms with E-state index in [0.29, 0.717) is 5.69 Å². The van der Waals surface area contributed by atoms with E-state index in [1.807, 2.05) is 0 Å². The molecule has 0 atom stereocenters. The first-order valence-corrected chi connectivity index (χ1v) is 6.21. The van der Waals surface area contributed by atoms with Gasteiger partial charge < -0.3 is 10.0 Å². The number of benzene rings is 1. The van der Waals surface area contributed by atoms with Crippen LogP contribution in [-0.4, -0.2) is 30.3 Å². The lowest BCUT2D eigenvalue weighted by Crippen LogP contribution is -2.31. The monoisotopic (exact) mass is 305 g/mol. The van der Waals surface area contributed by atoms with Crippen molar-refractivity contribution in [3.63, 3.8) is 0 Å². The highest BCUT2D eigenvalue weighted by Gasteiger charge is 2.34. The fourth-order valence-electron chi connectivity index (χ4n) is 2.04. The summed E-state index contributed by atoms with van der Waals surface area (Å²) in [6.07, 6.45) is -3.23. The Labute approximate surface area is 118 Å². The van der Waals surface area contributed by atoms with E-state index in [0.717, 1.165) is 6.08 Å². The van der Waals surface area contributed by atoms with Gasteiger partial charge in [0.15, 0.2) is 0 Å². The first kappa shape index (κ1) is 14.7. The van der Waals surface area contributed by atoms with Crippen LogP contribution in [0.1, 0.15) is 16.8 Å². The molecular formula is C13H11ClF3NO2. The summed E-state index contributed by atoms with van der Waals surface area (Å²) in [6, 6.07) is 4.35. The molecule has 108 valence electrons. The molecule has 20 heavy (non-hydrogen) atoms. The first-order chi connectivity index (χ1) is 9.29. The van der Waals surface area contributed by atoms with Crippen molar-refractivity contribution < 1.29 is 23.1 Å². The zero-order valence-corrected chi connectivity index (χ0v) is 11.0. The Morgan fingerprint density at radius 2 is 2.05 bits per heavy atom. The lowest BCUT2D eigenvalue weighted by Gasteiger charge is -2.29. The van der Waals surface area contributed by atoms with Gasteiger partial charge in [0.2, 0.25) is 0 Å². The van der Waals surface area contributed by atoms with Gasteiger partial charge >= 0.3 is 12.1 Å². The number of alkyl halides is 3. The Balaban J connectivity index is 2.17. The maximum absolute atomic E-state index is 12.5. The summed E-state index contributed by atoms with van der Waals surface area (Å²) in [5.41, 5.74) is 0.0541. The smallest absolute Gasteiger partial charge is 0.412 e. The topological polar surface area (TPSA) is 40.5 Å². The van der Waals surface area contributed by atoms with Crippen molar-refractivity contribution in [2.75, 3.05) is 18.0 Å². The molecule has 0 unspecified atom stereocenters. The average Bonchev–Trinajstić information content (AvgIpc) is 2.37. The third kappa shape index (κ3) is 3.07. The number of carboxylic acid groups (broad SMARTS) is 1. The van der Waals surface area contributed by atoms with Crippen LogP contribution in [0.2, 0.25) is 5.02 Å². The molecule has 1 N–H and O–H groups in total. The predicted molar refractivity (Wildman–Crippen MR) is 69.4 cm³/mol. The molecule has 0 spiro atoms. The van der Waals surface area contributed by atoms with Crippen LogP contribution in [0.15, 0.2) is 29.8 Å². The lowest BCUT2D eigenvalue weighted by molar-refractivity contribution is -0.0944. The van der Waals surface area contributed by atoms with Gasteiger partial charge in [0.1, 0.15) is 0 Å². The van der Waals surface area contributed by atoms with E-state index < -0.39 is 17.7 Å². The van der Waals surface area contributed by atoms with Crippen molar-refractivity contribution in [2.45, 2.75) is 12.6 Å². The van der Waals surface area contributed by atoms with Gasteiger partial charge in [-0.3, -0.25) is 0 Å². The van der Waals surface area contributed by atoms with Crippen molar-refractivity contribution in [1.29, 1.82) is 0 Å². The van der Waals surface area contributed by atoms with Crippen molar-refractivity contribution in [3.05, 3.63) is 40.4 Å². The summed E-state index contributed by atoms with van der Waals surface area (Å²) < 4.78 is 37.5. The molecule has 2 rings (SSSR count). The van der Waals surface area contributed by atoms with E-state index in [2.05, 4.69) is 0 Å². The summed E-state index contributed by atoms with van der Waals surface area (Å²) in [4.78, 5) is 12.5. The number of anilines is 1. The molecule has 7 heteroatoms. The van der Waals surface area contributed by atoms with Crippen LogP contribution in [0, 0.1) is 0 Å². The number of hydrogen-bond acceptors (Lipinski definition) is 2. The minimum absolute atomic E-state index is 0.0288. The number of nitrogens with zero attached hydrogens (tertiary/aromatic N) is 1. The van der Waals surface area contributed by atoms with Crippen LogP contribution in [0.3, 0.4) is 0 Å². The highest BCUT2D eigenvalue weighted by molar-refractivity contribution is 6.33. The maximum atomic E-state index is 12.5. The molecule has 0 amide bonds. The molecule has 1 aliphatic rings. The van der Waals surface area contributed by atoms with Gasteiger partial charge in [0, 0.05) is 24.4 Å². The van der Waals surface area contributed by atoms with E-state index in [-0.39, 0.29) is 30.1 Å². The van der Waals surface area contributed by atoms with Crippen molar-refractivity contribution in [2.24, 2.45) is 0 Å². The van der Waals surface area contributed by atoms with Crippen molar-refractivity contribution in [1.82, 2.24) is 0 Å². The predicted octanol–water partition coefficient (Wildman–Crippen LogP) is 3.74. The molecule has 0 aromatic heterocycles.